The van der Waals surface area contributed by atoms with Crippen LogP contribution in [0.2, 0.25) is 0 Å². The van der Waals surface area contributed by atoms with Crippen LogP contribution >= 0.6 is 0 Å². The van der Waals surface area contributed by atoms with E-state index in [0.29, 0.717) is 6.54 Å². The summed E-state index contributed by atoms with van der Waals surface area (Å²) in [5.74, 6) is -1.19. The van der Waals surface area contributed by atoms with Crippen LogP contribution in [0.25, 0.3) is 0 Å². The van der Waals surface area contributed by atoms with Gasteiger partial charge in [-0.1, -0.05) is 13.3 Å². The van der Waals surface area contributed by atoms with Crippen LogP contribution in [-0.4, -0.2) is 29.3 Å². The summed E-state index contributed by atoms with van der Waals surface area (Å²) in [7, 11) is 1.55. The van der Waals surface area contributed by atoms with Crippen LogP contribution in [0.4, 0.5) is 10.1 Å². The van der Waals surface area contributed by atoms with Crippen LogP contribution in [0.5, 0.6) is 0 Å². The molecule has 5 nitrogen and oxygen atoms in total. The average molecular weight is 254 g/mol. The molecule has 0 aliphatic heterocycles. The van der Waals surface area contributed by atoms with Gasteiger partial charge in [-0.05, 0) is 18.6 Å². The SMILES string of the molecule is CCCCN(C)C(=O)c1cc(F)ccc1[N+](=O)[O-]. The van der Waals surface area contributed by atoms with Crippen molar-refractivity contribution in [1.82, 2.24) is 4.90 Å². The molecule has 6 heteroatoms. The fraction of sp³-hybridized carbons (Fsp3) is 0.417. The molecule has 0 N–H and O–H groups in total. The predicted molar refractivity (Wildman–Crippen MR) is 64.9 cm³/mol. The first-order valence-corrected chi connectivity index (χ1v) is 5.66. The number of hydrogen-bond acceptors (Lipinski definition) is 3. The van der Waals surface area contributed by atoms with E-state index in [9.17, 15) is 19.3 Å². The number of nitro groups is 1. The van der Waals surface area contributed by atoms with Crippen molar-refractivity contribution in [2.75, 3.05) is 13.6 Å². The zero-order chi connectivity index (χ0) is 13.7. The first kappa shape index (κ1) is 14.1. The fourth-order valence-corrected chi connectivity index (χ4v) is 1.54. The van der Waals surface area contributed by atoms with Gasteiger partial charge in [-0.3, -0.25) is 14.9 Å². The molecule has 98 valence electrons. The molecule has 1 rings (SSSR count). The van der Waals surface area contributed by atoms with Gasteiger partial charge >= 0.3 is 0 Å². The van der Waals surface area contributed by atoms with E-state index in [0.717, 1.165) is 31.0 Å². The van der Waals surface area contributed by atoms with Crippen molar-refractivity contribution in [3.8, 4) is 0 Å². The van der Waals surface area contributed by atoms with E-state index in [4.69, 9.17) is 0 Å². The van der Waals surface area contributed by atoms with Crippen LogP contribution in [0.15, 0.2) is 18.2 Å². The Morgan fingerprint density at radius 2 is 2.17 bits per heavy atom. The van der Waals surface area contributed by atoms with E-state index < -0.39 is 16.6 Å². The molecular weight excluding hydrogens is 239 g/mol. The van der Waals surface area contributed by atoms with Crippen LogP contribution in [0.3, 0.4) is 0 Å². The van der Waals surface area contributed by atoms with Gasteiger partial charge in [0, 0.05) is 19.7 Å². The molecule has 0 atom stereocenters. The number of rotatable bonds is 5. The standard InChI is InChI=1S/C12H15FN2O3/c1-3-4-7-14(2)12(16)10-8-9(13)5-6-11(10)15(17)18/h5-6,8H,3-4,7H2,1-2H3. The summed E-state index contributed by atoms with van der Waals surface area (Å²) < 4.78 is 13.1. The predicted octanol–water partition coefficient (Wildman–Crippen LogP) is 2.61. The van der Waals surface area contributed by atoms with Gasteiger partial charge in [-0.2, -0.15) is 0 Å². The molecule has 0 fully saturated rings. The number of carbonyl (C=O) groups is 1. The van der Waals surface area contributed by atoms with Gasteiger partial charge in [0.2, 0.25) is 0 Å². The number of nitrogens with zero attached hydrogens (tertiary/aromatic N) is 2. The molecule has 0 aliphatic rings. The van der Waals surface area contributed by atoms with E-state index in [1.165, 1.54) is 4.90 Å². The topological polar surface area (TPSA) is 63.5 Å². The maximum absolute atomic E-state index is 13.1. The second kappa shape index (κ2) is 6.09. The highest BCUT2D eigenvalue weighted by molar-refractivity contribution is 5.98. The van der Waals surface area contributed by atoms with Gasteiger partial charge in [0.15, 0.2) is 0 Å². The van der Waals surface area contributed by atoms with E-state index >= 15 is 0 Å². The highest BCUT2D eigenvalue weighted by atomic mass is 19.1. The number of benzene rings is 1. The van der Waals surface area contributed by atoms with E-state index in [-0.39, 0.29) is 11.3 Å². The Hall–Kier alpha value is -1.98. The van der Waals surface area contributed by atoms with Crippen LogP contribution in [0.1, 0.15) is 30.1 Å². The van der Waals surface area contributed by atoms with E-state index in [2.05, 4.69) is 0 Å². The van der Waals surface area contributed by atoms with Crippen molar-refractivity contribution in [3.05, 3.63) is 39.7 Å². The largest absolute Gasteiger partial charge is 0.341 e. The molecule has 0 saturated heterocycles. The summed E-state index contributed by atoms with van der Waals surface area (Å²) in [6.45, 7) is 2.46. The summed E-state index contributed by atoms with van der Waals surface area (Å²) in [6, 6.07) is 2.89. The maximum atomic E-state index is 13.1. The van der Waals surface area contributed by atoms with Crippen LogP contribution < -0.4 is 0 Å². The molecule has 0 unspecified atom stereocenters. The lowest BCUT2D eigenvalue weighted by atomic mass is 10.1. The Balaban J connectivity index is 3.03. The fourth-order valence-electron chi connectivity index (χ4n) is 1.54. The molecule has 1 aromatic rings. The number of hydrogen-bond donors (Lipinski definition) is 0. The number of unbranched alkanes of at least 4 members (excludes halogenated alkanes) is 1. The van der Waals surface area contributed by atoms with Gasteiger partial charge in [0.05, 0.1) is 4.92 Å². The third-order valence-electron chi connectivity index (χ3n) is 2.58. The van der Waals surface area contributed by atoms with Gasteiger partial charge < -0.3 is 4.90 Å². The molecule has 0 heterocycles. The molecule has 1 amide bonds. The summed E-state index contributed by atoms with van der Waals surface area (Å²) in [4.78, 5) is 23.5. The smallest absolute Gasteiger partial charge is 0.282 e. The number of halogens is 1. The Bertz CT molecular complexity index is 463. The lowest BCUT2D eigenvalue weighted by molar-refractivity contribution is -0.385. The van der Waals surface area contributed by atoms with Crippen molar-refractivity contribution >= 4 is 11.6 Å². The third kappa shape index (κ3) is 3.26. The second-order valence-electron chi connectivity index (χ2n) is 4.00. The minimum Gasteiger partial charge on any atom is -0.341 e. The van der Waals surface area contributed by atoms with E-state index in [1.54, 1.807) is 7.05 Å². The summed E-state index contributed by atoms with van der Waals surface area (Å²) >= 11 is 0. The minimum atomic E-state index is -0.680. The van der Waals surface area contributed by atoms with Crippen molar-refractivity contribution in [2.24, 2.45) is 0 Å². The molecule has 0 aliphatic carbocycles. The second-order valence-corrected chi connectivity index (χ2v) is 4.00. The Labute approximate surface area is 104 Å². The van der Waals surface area contributed by atoms with Crippen molar-refractivity contribution in [2.45, 2.75) is 19.8 Å². The normalized spacial score (nSPS) is 10.2. The minimum absolute atomic E-state index is 0.210. The van der Waals surface area contributed by atoms with Crippen LogP contribution in [-0.2, 0) is 0 Å². The lowest BCUT2D eigenvalue weighted by Crippen LogP contribution is -2.28. The molecule has 0 saturated carbocycles. The third-order valence-corrected chi connectivity index (χ3v) is 2.58. The Kier molecular flexibility index (Phi) is 4.76. The first-order chi connectivity index (χ1) is 8.47. The number of nitro benzene ring substituents is 1. The quantitative estimate of drug-likeness (QED) is 0.599. The highest BCUT2D eigenvalue weighted by Crippen LogP contribution is 2.21. The number of amides is 1. The van der Waals surface area contributed by atoms with E-state index in [1.807, 2.05) is 6.92 Å². The molecule has 1 aromatic carbocycles. The van der Waals surface area contributed by atoms with Crippen molar-refractivity contribution in [1.29, 1.82) is 0 Å². The van der Waals surface area contributed by atoms with Gasteiger partial charge in [-0.25, -0.2) is 4.39 Å². The monoisotopic (exact) mass is 254 g/mol. The molecule has 0 radical (unpaired) electrons. The average Bonchev–Trinajstić information content (AvgIpc) is 2.34. The first-order valence-electron chi connectivity index (χ1n) is 5.66. The van der Waals surface area contributed by atoms with Crippen molar-refractivity contribution in [3.63, 3.8) is 0 Å². The Morgan fingerprint density at radius 1 is 1.50 bits per heavy atom. The number of carbonyl (C=O) groups excluding carboxylic acids is 1. The molecule has 18 heavy (non-hydrogen) atoms. The Morgan fingerprint density at radius 3 is 2.72 bits per heavy atom. The molecule has 0 spiro atoms. The summed E-state index contributed by atoms with van der Waals surface area (Å²) in [6.07, 6.45) is 1.70. The van der Waals surface area contributed by atoms with Gasteiger partial charge in [-0.15, -0.1) is 0 Å². The zero-order valence-corrected chi connectivity index (χ0v) is 10.4. The van der Waals surface area contributed by atoms with Crippen molar-refractivity contribution < 1.29 is 14.1 Å². The summed E-state index contributed by atoms with van der Waals surface area (Å²) in [5, 5.41) is 10.8. The lowest BCUT2D eigenvalue weighted by Gasteiger charge is -2.16. The van der Waals surface area contributed by atoms with Crippen LogP contribution in [0, 0.1) is 15.9 Å². The molecule has 0 aromatic heterocycles. The summed E-state index contributed by atoms with van der Waals surface area (Å²) in [5.41, 5.74) is -0.580. The molecule has 0 bridgehead atoms. The maximum Gasteiger partial charge on any atom is 0.282 e. The molecular formula is C12H15FN2O3. The zero-order valence-electron chi connectivity index (χ0n) is 10.4. The highest BCUT2D eigenvalue weighted by Gasteiger charge is 2.23. The van der Waals surface area contributed by atoms with Gasteiger partial charge in [0.1, 0.15) is 11.4 Å². The van der Waals surface area contributed by atoms with Gasteiger partial charge in [0.25, 0.3) is 11.6 Å².